The largest absolute Gasteiger partial charge is 2.00 e. The Morgan fingerprint density at radius 2 is 2.33 bits per heavy atom. The molecule has 0 saturated heterocycles. The molecule has 0 spiro atoms. The van der Waals surface area contributed by atoms with Gasteiger partial charge in [0.15, 0.2) is 0 Å². The maximum Gasteiger partial charge on any atom is 2.00 e. The summed E-state index contributed by atoms with van der Waals surface area (Å²) < 4.78 is 0. The first-order valence-electron chi connectivity index (χ1n) is 1.43. The third kappa shape index (κ3) is 1.24. The van der Waals surface area contributed by atoms with Crippen LogP contribution in [0.15, 0.2) is 18.7 Å². The van der Waals surface area contributed by atoms with Gasteiger partial charge in [-0.3, -0.25) is 0 Å². The molecule has 3 heteroatoms. The Hall–Kier alpha value is -0.271. The minimum Gasteiger partial charge on any atom is -0.351 e. The fourth-order valence-electron chi connectivity index (χ4n) is 0.215. The van der Waals surface area contributed by atoms with Crippen LogP contribution in [0.25, 0.3) is 0 Å². The number of nitrogens with one attached hydrogen (secondary N) is 1. The third-order valence-corrected chi connectivity index (χ3v) is 0.406. The summed E-state index contributed by atoms with van der Waals surface area (Å²) in [5, 5.41) is 0. The summed E-state index contributed by atoms with van der Waals surface area (Å²) >= 11 is 0. The fourth-order valence-corrected chi connectivity index (χ4v) is 0.215. The Kier molecular flexibility index (Phi) is 2.81. The summed E-state index contributed by atoms with van der Waals surface area (Å²) in [6, 6.07) is 0. The van der Waals surface area contributed by atoms with Crippen LogP contribution in [0.2, 0.25) is 0 Å². The Morgan fingerprint density at radius 1 is 1.50 bits per heavy atom. The molecule has 0 bridgehead atoms. The summed E-state index contributed by atoms with van der Waals surface area (Å²) in [5.74, 6) is 0. The number of rotatable bonds is 0. The Bertz CT molecular complexity index is 65.3. The summed E-state index contributed by atoms with van der Waals surface area (Å²) in [7, 11) is 0. The molecule has 0 aliphatic rings. The SMILES string of the molecule is [Fe+2].c1c[nH]cn1. The molecule has 0 aliphatic carbocycles. The average molecular weight is 124 g/mol. The molecule has 0 atom stereocenters. The van der Waals surface area contributed by atoms with Crippen molar-refractivity contribution in [2.24, 2.45) is 0 Å². The van der Waals surface area contributed by atoms with Gasteiger partial charge in [0.1, 0.15) is 0 Å². The first-order chi connectivity index (χ1) is 2.50. The van der Waals surface area contributed by atoms with Crippen LogP contribution in [-0.2, 0) is 17.1 Å². The van der Waals surface area contributed by atoms with Crippen molar-refractivity contribution in [2.45, 2.75) is 0 Å². The molecule has 1 heterocycles. The monoisotopic (exact) mass is 124 g/mol. The van der Waals surface area contributed by atoms with Gasteiger partial charge >= 0.3 is 17.1 Å². The second-order valence-corrected chi connectivity index (χ2v) is 0.761. The molecule has 0 radical (unpaired) electrons. The van der Waals surface area contributed by atoms with E-state index in [9.17, 15) is 0 Å². The Morgan fingerprint density at radius 3 is 2.50 bits per heavy atom. The van der Waals surface area contributed by atoms with E-state index in [4.69, 9.17) is 0 Å². The molecular weight excluding hydrogens is 120 g/mol. The average Bonchev–Trinajstić information content (AvgIpc) is 1.76. The van der Waals surface area contributed by atoms with Crippen LogP contribution >= 0.6 is 0 Å². The van der Waals surface area contributed by atoms with Gasteiger partial charge in [0.2, 0.25) is 0 Å². The number of nitrogens with zero attached hydrogens (tertiary/aromatic N) is 1. The van der Waals surface area contributed by atoms with E-state index in [1.807, 2.05) is 0 Å². The van der Waals surface area contributed by atoms with Crippen LogP contribution in [0.3, 0.4) is 0 Å². The standard InChI is InChI=1S/C3H4N2.Fe/c1-2-5-3-4-1;/h1-3H,(H,4,5);/q;+2. The van der Waals surface area contributed by atoms with Gasteiger partial charge in [-0.25, -0.2) is 4.98 Å². The van der Waals surface area contributed by atoms with Crippen LogP contribution in [0.4, 0.5) is 0 Å². The van der Waals surface area contributed by atoms with Crippen LogP contribution < -0.4 is 0 Å². The summed E-state index contributed by atoms with van der Waals surface area (Å²) in [6.07, 6.45) is 5.08. The number of aromatic nitrogens is 2. The first kappa shape index (κ1) is 5.73. The minimum atomic E-state index is 0. The van der Waals surface area contributed by atoms with Crippen molar-refractivity contribution in [2.75, 3.05) is 0 Å². The first-order valence-corrected chi connectivity index (χ1v) is 1.43. The van der Waals surface area contributed by atoms with Crippen molar-refractivity contribution in [1.29, 1.82) is 0 Å². The van der Waals surface area contributed by atoms with Crippen molar-refractivity contribution in [3.8, 4) is 0 Å². The summed E-state index contributed by atoms with van der Waals surface area (Å²) in [5.41, 5.74) is 0. The van der Waals surface area contributed by atoms with Crippen molar-refractivity contribution in [3.05, 3.63) is 18.7 Å². The maximum absolute atomic E-state index is 3.67. The molecule has 1 aromatic rings. The molecule has 1 aromatic heterocycles. The smallest absolute Gasteiger partial charge is 0.351 e. The second-order valence-electron chi connectivity index (χ2n) is 0.761. The molecule has 0 unspecified atom stereocenters. The van der Waals surface area contributed by atoms with Gasteiger partial charge in [0, 0.05) is 12.4 Å². The molecule has 1 rings (SSSR count). The normalized spacial score (nSPS) is 6.67. The molecule has 0 amide bonds. The van der Waals surface area contributed by atoms with Gasteiger partial charge in [0.25, 0.3) is 0 Å². The molecule has 6 heavy (non-hydrogen) atoms. The molecule has 0 fully saturated rings. The van der Waals surface area contributed by atoms with Gasteiger partial charge in [-0.15, -0.1) is 0 Å². The van der Waals surface area contributed by atoms with Crippen molar-refractivity contribution in [3.63, 3.8) is 0 Å². The molecule has 32 valence electrons. The van der Waals surface area contributed by atoms with E-state index in [1.165, 1.54) is 0 Å². The number of hydrogen-bond donors (Lipinski definition) is 1. The summed E-state index contributed by atoms with van der Waals surface area (Å²) in [6.45, 7) is 0. The molecular formula is C3H4FeN2+2. The van der Waals surface area contributed by atoms with E-state index in [0.717, 1.165) is 0 Å². The Balaban J connectivity index is 0.000000250. The predicted molar refractivity (Wildman–Crippen MR) is 18.6 cm³/mol. The molecule has 0 aromatic carbocycles. The van der Waals surface area contributed by atoms with Gasteiger partial charge in [-0.2, -0.15) is 0 Å². The molecule has 0 saturated carbocycles. The van der Waals surface area contributed by atoms with E-state index < -0.39 is 0 Å². The predicted octanol–water partition coefficient (Wildman–Crippen LogP) is 0.407. The zero-order chi connectivity index (χ0) is 3.54. The zero-order valence-corrected chi connectivity index (χ0v) is 4.14. The van der Waals surface area contributed by atoms with Crippen LogP contribution in [-0.4, -0.2) is 9.97 Å². The number of imidazole rings is 1. The van der Waals surface area contributed by atoms with E-state index in [-0.39, 0.29) is 17.1 Å². The number of hydrogen-bond acceptors (Lipinski definition) is 1. The summed E-state index contributed by atoms with van der Waals surface area (Å²) in [4.78, 5) is 6.42. The third-order valence-electron chi connectivity index (χ3n) is 0.406. The van der Waals surface area contributed by atoms with Crippen molar-refractivity contribution < 1.29 is 17.1 Å². The number of aromatic amines is 1. The van der Waals surface area contributed by atoms with E-state index in [1.54, 1.807) is 18.7 Å². The van der Waals surface area contributed by atoms with Gasteiger partial charge < -0.3 is 4.98 Å². The van der Waals surface area contributed by atoms with Crippen molar-refractivity contribution >= 4 is 0 Å². The topological polar surface area (TPSA) is 28.7 Å². The van der Waals surface area contributed by atoms with Gasteiger partial charge in [-0.05, 0) is 0 Å². The molecule has 2 nitrogen and oxygen atoms in total. The van der Waals surface area contributed by atoms with Crippen LogP contribution in [0.1, 0.15) is 0 Å². The maximum atomic E-state index is 3.67. The molecule has 0 aliphatic heterocycles. The van der Waals surface area contributed by atoms with Crippen LogP contribution in [0.5, 0.6) is 0 Å². The van der Waals surface area contributed by atoms with E-state index in [2.05, 4.69) is 9.97 Å². The fraction of sp³-hybridized carbons (Fsp3) is 0. The Labute approximate surface area is 46.5 Å². The second kappa shape index (κ2) is 2.94. The van der Waals surface area contributed by atoms with Gasteiger partial charge in [0.05, 0.1) is 6.33 Å². The zero-order valence-electron chi connectivity index (χ0n) is 3.03. The quantitative estimate of drug-likeness (QED) is 0.498. The van der Waals surface area contributed by atoms with Crippen molar-refractivity contribution in [1.82, 2.24) is 9.97 Å². The minimum absolute atomic E-state index is 0. The van der Waals surface area contributed by atoms with E-state index in [0.29, 0.717) is 0 Å². The van der Waals surface area contributed by atoms with Crippen LogP contribution in [0, 0.1) is 0 Å². The number of H-pyrrole nitrogens is 1. The van der Waals surface area contributed by atoms with E-state index >= 15 is 0 Å². The van der Waals surface area contributed by atoms with Gasteiger partial charge in [-0.1, -0.05) is 0 Å². The molecule has 1 N–H and O–H groups in total.